The number of aryl methyl sites for hydroxylation is 1. The van der Waals surface area contributed by atoms with Crippen LogP contribution in [0.25, 0.3) is 0 Å². The van der Waals surface area contributed by atoms with Crippen LogP contribution in [0.5, 0.6) is 0 Å². The largest absolute Gasteiger partial charge is 0.368 e. The van der Waals surface area contributed by atoms with Crippen molar-refractivity contribution < 1.29 is 9.53 Å². The smallest absolute Gasteiger partial charge is 0.249 e. The summed E-state index contributed by atoms with van der Waals surface area (Å²) in [5.41, 5.74) is 1.14. The molecule has 24 heavy (non-hydrogen) atoms. The molecule has 3 heterocycles. The Morgan fingerprint density at radius 3 is 2.83 bits per heavy atom. The van der Waals surface area contributed by atoms with E-state index in [1.54, 1.807) is 0 Å². The van der Waals surface area contributed by atoms with Gasteiger partial charge in [0.2, 0.25) is 11.9 Å². The Kier molecular flexibility index (Phi) is 4.16. The highest BCUT2D eigenvalue weighted by Crippen LogP contribution is 2.41. The third-order valence-corrected chi connectivity index (χ3v) is 5.66. The van der Waals surface area contributed by atoms with Crippen molar-refractivity contribution in [3.05, 3.63) is 18.0 Å². The van der Waals surface area contributed by atoms with E-state index in [0.29, 0.717) is 12.6 Å². The fraction of sp³-hybridized carbons (Fsp3) is 0.722. The van der Waals surface area contributed by atoms with Gasteiger partial charge in [0.1, 0.15) is 6.10 Å². The van der Waals surface area contributed by atoms with Crippen LogP contribution in [-0.4, -0.2) is 47.7 Å². The van der Waals surface area contributed by atoms with Crippen molar-refractivity contribution in [3.63, 3.8) is 0 Å². The number of anilines is 1. The standard InChI is InChI=1S/C18H26N4O2/c1-13-9-19-17(20-10-13)22-7-3-6-18(11-22)8-15(24-12-18)16(23)21-14-4-2-5-14/h9-10,14-15H,2-8,11-12H2,1H3,(H,21,23)/t15-,18+/m1/s1. The van der Waals surface area contributed by atoms with Crippen molar-refractivity contribution in [2.24, 2.45) is 5.41 Å². The molecule has 6 nitrogen and oxygen atoms in total. The van der Waals surface area contributed by atoms with E-state index in [1.807, 2.05) is 19.3 Å². The van der Waals surface area contributed by atoms with Gasteiger partial charge in [-0.05, 0) is 51.0 Å². The van der Waals surface area contributed by atoms with Gasteiger partial charge in [-0.15, -0.1) is 0 Å². The molecule has 130 valence electrons. The van der Waals surface area contributed by atoms with Gasteiger partial charge in [-0.2, -0.15) is 0 Å². The molecule has 1 aromatic rings. The molecule has 1 amide bonds. The van der Waals surface area contributed by atoms with Crippen LogP contribution in [0.2, 0.25) is 0 Å². The molecule has 0 bridgehead atoms. The number of carbonyl (C=O) groups is 1. The number of piperidine rings is 1. The fourth-order valence-corrected chi connectivity index (χ4v) is 4.02. The van der Waals surface area contributed by atoms with E-state index in [1.165, 1.54) is 6.42 Å². The highest BCUT2D eigenvalue weighted by molar-refractivity contribution is 5.81. The molecular weight excluding hydrogens is 304 g/mol. The first-order valence-corrected chi connectivity index (χ1v) is 9.09. The maximum absolute atomic E-state index is 12.4. The van der Waals surface area contributed by atoms with Gasteiger partial charge in [-0.3, -0.25) is 4.79 Å². The number of hydrogen-bond donors (Lipinski definition) is 1. The zero-order valence-corrected chi connectivity index (χ0v) is 14.3. The van der Waals surface area contributed by atoms with Crippen molar-refractivity contribution in [1.82, 2.24) is 15.3 Å². The summed E-state index contributed by atoms with van der Waals surface area (Å²) in [6, 6.07) is 0.376. The monoisotopic (exact) mass is 330 g/mol. The van der Waals surface area contributed by atoms with Crippen LogP contribution in [0.15, 0.2) is 12.4 Å². The lowest BCUT2D eigenvalue weighted by Gasteiger charge is -2.39. The number of nitrogens with one attached hydrogen (secondary N) is 1. The van der Waals surface area contributed by atoms with Crippen LogP contribution < -0.4 is 10.2 Å². The van der Waals surface area contributed by atoms with Crippen molar-refractivity contribution in [2.75, 3.05) is 24.6 Å². The fourth-order valence-electron chi connectivity index (χ4n) is 4.02. The van der Waals surface area contributed by atoms with Crippen LogP contribution in [0, 0.1) is 12.3 Å². The molecule has 1 saturated carbocycles. The van der Waals surface area contributed by atoms with Crippen molar-refractivity contribution >= 4 is 11.9 Å². The molecule has 1 spiro atoms. The number of ether oxygens (including phenoxy) is 1. The van der Waals surface area contributed by atoms with E-state index in [2.05, 4.69) is 20.2 Å². The van der Waals surface area contributed by atoms with Crippen molar-refractivity contribution in [2.45, 2.75) is 57.6 Å². The van der Waals surface area contributed by atoms with E-state index in [9.17, 15) is 4.79 Å². The summed E-state index contributed by atoms with van der Waals surface area (Å²) in [5.74, 6) is 0.877. The van der Waals surface area contributed by atoms with Crippen LogP contribution in [0.1, 0.15) is 44.1 Å². The van der Waals surface area contributed by atoms with E-state index in [4.69, 9.17) is 4.74 Å². The Balaban J connectivity index is 1.39. The number of carbonyl (C=O) groups excluding carboxylic acids is 1. The molecule has 0 radical (unpaired) electrons. The molecule has 4 rings (SSSR count). The maximum atomic E-state index is 12.4. The summed E-state index contributed by atoms with van der Waals surface area (Å²) in [7, 11) is 0. The van der Waals surface area contributed by atoms with E-state index >= 15 is 0 Å². The number of rotatable bonds is 3. The van der Waals surface area contributed by atoms with Gasteiger partial charge in [-0.1, -0.05) is 0 Å². The van der Waals surface area contributed by atoms with Crippen molar-refractivity contribution in [1.29, 1.82) is 0 Å². The maximum Gasteiger partial charge on any atom is 0.249 e. The second kappa shape index (κ2) is 6.31. The molecule has 6 heteroatoms. The molecule has 2 saturated heterocycles. The van der Waals surface area contributed by atoms with Crippen LogP contribution in [0.3, 0.4) is 0 Å². The van der Waals surface area contributed by atoms with Gasteiger partial charge >= 0.3 is 0 Å². The number of aromatic nitrogens is 2. The van der Waals surface area contributed by atoms with Crippen LogP contribution in [0.4, 0.5) is 5.95 Å². The lowest BCUT2D eigenvalue weighted by atomic mass is 9.78. The van der Waals surface area contributed by atoms with Gasteiger partial charge in [0.05, 0.1) is 6.61 Å². The predicted molar refractivity (Wildman–Crippen MR) is 90.8 cm³/mol. The highest BCUT2D eigenvalue weighted by atomic mass is 16.5. The van der Waals surface area contributed by atoms with Gasteiger partial charge in [0, 0.05) is 36.9 Å². The second-order valence-corrected chi connectivity index (χ2v) is 7.73. The Hall–Kier alpha value is -1.69. The number of amides is 1. The Labute approximate surface area is 143 Å². The zero-order chi connectivity index (χ0) is 16.6. The summed E-state index contributed by atoms with van der Waals surface area (Å²) < 4.78 is 5.90. The number of nitrogens with zero attached hydrogens (tertiary/aromatic N) is 3. The summed E-state index contributed by atoms with van der Waals surface area (Å²) >= 11 is 0. The van der Waals surface area contributed by atoms with E-state index in [0.717, 1.165) is 56.7 Å². The third-order valence-electron chi connectivity index (χ3n) is 5.66. The molecule has 0 unspecified atom stereocenters. The minimum atomic E-state index is -0.288. The second-order valence-electron chi connectivity index (χ2n) is 7.73. The van der Waals surface area contributed by atoms with E-state index in [-0.39, 0.29) is 17.4 Å². The molecular formula is C18H26N4O2. The normalized spacial score (nSPS) is 30.4. The molecule has 2 atom stereocenters. The highest BCUT2D eigenvalue weighted by Gasteiger charge is 2.46. The van der Waals surface area contributed by atoms with Gasteiger partial charge in [0.15, 0.2) is 0 Å². The minimum Gasteiger partial charge on any atom is -0.368 e. The summed E-state index contributed by atoms with van der Waals surface area (Å²) in [6.45, 7) is 4.52. The van der Waals surface area contributed by atoms with Crippen molar-refractivity contribution in [3.8, 4) is 0 Å². The Bertz CT molecular complexity index is 602. The summed E-state index contributed by atoms with van der Waals surface area (Å²) in [5, 5.41) is 3.13. The Morgan fingerprint density at radius 1 is 1.33 bits per heavy atom. The third kappa shape index (κ3) is 3.11. The molecule has 1 N–H and O–H groups in total. The van der Waals surface area contributed by atoms with E-state index < -0.39 is 0 Å². The minimum absolute atomic E-state index is 0.0636. The topological polar surface area (TPSA) is 67.4 Å². The summed E-state index contributed by atoms with van der Waals surface area (Å²) in [4.78, 5) is 23.6. The van der Waals surface area contributed by atoms with Crippen LogP contribution >= 0.6 is 0 Å². The Morgan fingerprint density at radius 2 is 2.12 bits per heavy atom. The lowest BCUT2D eigenvalue weighted by Crippen LogP contribution is -2.46. The van der Waals surface area contributed by atoms with Crippen LogP contribution in [-0.2, 0) is 9.53 Å². The molecule has 1 aromatic heterocycles. The zero-order valence-electron chi connectivity index (χ0n) is 14.3. The first kappa shape index (κ1) is 15.8. The average Bonchev–Trinajstić information content (AvgIpc) is 2.95. The van der Waals surface area contributed by atoms with Gasteiger partial charge in [0.25, 0.3) is 0 Å². The first-order valence-electron chi connectivity index (χ1n) is 9.09. The lowest BCUT2D eigenvalue weighted by molar-refractivity contribution is -0.131. The number of hydrogen-bond acceptors (Lipinski definition) is 5. The first-order chi connectivity index (χ1) is 11.6. The molecule has 1 aliphatic carbocycles. The molecule has 3 aliphatic rings. The quantitative estimate of drug-likeness (QED) is 0.916. The molecule has 3 fully saturated rings. The summed E-state index contributed by atoms with van der Waals surface area (Å²) in [6.07, 6.45) is 9.92. The average molecular weight is 330 g/mol. The SMILES string of the molecule is Cc1cnc(N2CCC[C@@]3(CO[C@@H](C(=O)NC4CCC4)C3)C2)nc1. The predicted octanol–water partition coefficient (Wildman–Crippen LogP) is 1.83. The van der Waals surface area contributed by atoms with Gasteiger partial charge in [-0.25, -0.2) is 9.97 Å². The molecule has 0 aromatic carbocycles. The molecule has 2 aliphatic heterocycles. The van der Waals surface area contributed by atoms with Gasteiger partial charge < -0.3 is 15.0 Å².